The van der Waals surface area contributed by atoms with Crippen molar-refractivity contribution in [3.05, 3.63) is 77.5 Å². The van der Waals surface area contributed by atoms with E-state index in [9.17, 15) is 13.5 Å². The van der Waals surface area contributed by atoms with Crippen LogP contribution in [-0.4, -0.2) is 25.2 Å². The van der Waals surface area contributed by atoms with Gasteiger partial charge in [0.1, 0.15) is 11.5 Å². The van der Waals surface area contributed by atoms with Crippen LogP contribution in [0, 0.1) is 20.8 Å². The second-order valence-electron chi connectivity index (χ2n) is 7.50. The maximum absolute atomic E-state index is 12.9. The maximum atomic E-state index is 12.9. The van der Waals surface area contributed by atoms with Gasteiger partial charge in [0.25, 0.3) is 10.0 Å². The molecule has 4 rings (SSSR count). The molecule has 0 spiro atoms. The van der Waals surface area contributed by atoms with E-state index in [2.05, 4.69) is 4.72 Å². The first-order valence-corrected chi connectivity index (χ1v) is 11.3. The molecule has 0 unspecified atom stereocenters. The number of phenolic OH excluding ortho intramolecular Hbond substituents is 1. The molecule has 7 heteroatoms. The van der Waals surface area contributed by atoms with Crippen LogP contribution in [0.3, 0.4) is 0 Å². The normalized spacial score (nSPS) is 11.6. The summed E-state index contributed by atoms with van der Waals surface area (Å²) in [5, 5.41) is 11.8. The van der Waals surface area contributed by atoms with Crippen LogP contribution in [0.1, 0.15) is 16.8 Å². The number of rotatable bonds is 5. The molecule has 0 saturated heterocycles. The van der Waals surface area contributed by atoms with Gasteiger partial charge in [-0.3, -0.25) is 4.72 Å². The van der Waals surface area contributed by atoms with Crippen LogP contribution in [0.2, 0.25) is 0 Å². The average Bonchev–Trinajstić information content (AvgIpc) is 3.01. The molecule has 31 heavy (non-hydrogen) atoms. The fraction of sp³-hybridized carbons (Fsp3) is 0.167. The number of nitrogens with zero attached hydrogens (tertiary/aromatic N) is 1. The Balaban J connectivity index is 1.82. The molecule has 0 fully saturated rings. The number of hydrogen-bond donors (Lipinski definition) is 2. The summed E-state index contributed by atoms with van der Waals surface area (Å²) in [6.07, 6.45) is 0. The van der Waals surface area contributed by atoms with Crippen molar-refractivity contribution < 1.29 is 18.3 Å². The average molecular weight is 437 g/mol. The van der Waals surface area contributed by atoms with E-state index in [0.717, 1.165) is 22.2 Å². The third-order valence-corrected chi connectivity index (χ3v) is 6.98. The van der Waals surface area contributed by atoms with E-state index in [4.69, 9.17) is 4.74 Å². The van der Waals surface area contributed by atoms with E-state index < -0.39 is 10.0 Å². The van der Waals surface area contributed by atoms with E-state index in [1.54, 1.807) is 31.2 Å². The van der Waals surface area contributed by atoms with Gasteiger partial charge in [-0.1, -0.05) is 18.2 Å². The number of ether oxygens (including phenoxy) is 1. The van der Waals surface area contributed by atoms with E-state index >= 15 is 0 Å². The van der Waals surface area contributed by atoms with Crippen LogP contribution < -0.4 is 9.46 Å². The summed E-state index contributed by atoms with van der Waals surface area (Å²) in [6.45, 7) is 5.77. The first-order chi connectivity index (χ1) is 14.7. The van der Waals surface area contributed by atoms with Gasteiger partial charge in [0.15, 0.2) is 0 Å². The number of hydrogen-bond acceptors (Lipinski definition) is 4. The standard InChI is InChI=1S/C24H24N2O4S/c1-15-13-24(27)23(26-17(3)16(2)20-7-5-6-8-22(20)26)14-21(15)25-31(28,29)19-11-9-18(30-4)10-12-19/h5-14,25,27H,1-4H3. The van der Waals surface area contributed by atoms with Gasteiger partial charge < -0.3 is 14.4 Å². The Kier molecular flexibility index (Phi) is 5.15. The summed E-state index contributed by atoms with van der Waals surface area (Å²) in [7, 11) is -2.29. The van der Waals surface area contributed by atoms with Crippen molar-refractivity contribution in [2.75, 3.05) is 11.8 Å². The van der Waals surface area contributed by atoms with Gasteiger partial charge in [-0.05, 0) is 74.4 Å². The SMILES string of the molecule is COc1ccc(S(=O)(=O)Nc2cc(-n3c(C)c(C)c4ccccc43)c(O)cc2C)cc1. The van der Waals surface area contributed by atoms with Crippen molar-refractivity contribution in [2.45, 2.75) is 25.7 Å². The van der Waals surface area contributed by atoms with Gasteiger partial charge in [0, 0.05) is 11.1 Å². The number of aryl methyl sites for hydroxylation is 2. The fourth-order valence-electron chi connectivity index (χ4n) is 3.77. The minimum absolute atomic E-state index is 0.0775. The molecule has 6 nitrogen and oxygen atoms in total. The predicted octanol–water partition coefficient (Wildman–Crippen LogP) is 5.07. The molecule has 0 aliphatic heterocycles. The molecule has 0 atom stereocenters. The lowest BCUT2D eigenvalue weighted by molar-refractivity contribution is 0.414. The third kappa shape index (κ3) is 3.61. The lowest BCUT2D eigenvalue weighted by Gasteiger charge is -2.16. The van der Waals surface area contributed by atoms with Gasteiger partial charge in [-0.2, -0.15) is 0 Å². The summed E-state index contributed by atoms with van der Waals surface area (Å²) in [4.78, 5) is 0.126. The number of nitrogens with one attached hydrogen (secondary N) is 1. The summed E-state index contributed by atoms with van der Waals surface area (Å²) >= 11 is 0. The van der Waals surface area contributed by atoms with E-state index in [-0.39, 0.29) is 10.6 Å². The first-order valence-electron chi connectivity index (χ1n) is 9.80. The number of aromatic nitrogens is 1. The Morgan fingerprint density at radius 1 is 0.968 bits per heavy atom. The molecule has 0 saturated carbocycles. The highest BCUT2D eigenvalue weighted by Crippen LogP contribution is 2.36. The molecule has 1 heterocycles. The van der Waals surface area contributed by atoms with Crippen LogP contribution in [0.4, 0.5) is 5.69 Å². The zero-order valence-electron chi connectivity index (χ0n) is 17.8. The summed E-state index contributed by atoms with van der Waals surface area (Å²) < 4.78 is 35.6. The minimum atomic E-state index is -3.82. The van der Waals surface area contributed by atoms with Crippen LogP contribution in [0.15, 0.2) is 65.6 Å². The maximum Gasteiger partial charge on any atom is 0.261 e. The van der Waals surface area contributed by atoms with Gasteiger partial charge in [0.05, 0.1) is 28.9 Å². The Morgan fingerprint density at radius 3 is 2.32 bits per heavy atom. The number of anilines is 1. The van der Waals surface area contributed by atoms with E-state index in [1.165, 1.54) is 19.2 Å². The molecular formula is C24H24N2O4S. The van der Waals surface area contributed by atoms with Gasteiger partial charge in [-0.25, -0.2) is 8.42 Å². The number of phenols is 1. The summed E-state index contributed by atoms with van der Waals surface area (Å²) in [5.41, 5.74) is 4.56. The zero-order valence-corrected chi connectivity index (χ0v) is 18.6. The monoisotopic (exact) mass is 436 g/mol. The van der Waals surface area contributed by atoms with Crippen molar-refractivity contribution in [3.8, 4) is 17.2 Å². The Bertz CT molecular complexity index is 1390. The summed E-state index contributed by atoms with van der Waals surface area (Å²) in [6, 6.07) is 17.4. The molecular weight excluding hydrogens is 412 g/mol. The Labute approximate surface area is 181 Å². The van der Waals surface area contributed by atoms with Crippen molar-refractivity contribution in [1.82, 2.24) is 4.57 Å². The molecule has 0 aliphatic rings. The molecule has 0 amide bonds. The number of aromatic hydroxyl groups is 1. The Morgan fingerprint density at radius 2 is 1.65 bits per heavy atom. The highest BCUT2D eigenvalue weighted by atomic mass is 32.2. The number of para-hydroxylation sites is 1. The lowest BCUT2D eigenvalue weighted by Crippen LogP contribution is -2.14. The third-order valence-electron chi connectivity index (χ3n) is 5.60. The first kappa shape index (κ1) is 20.8. The second kappa shape index (κ2) is 7.67. The van der Waals surface area contributed by atoms with Gasteiger partial charge >= 0.3 is 0 Å². The van der Waals surface area contributed by atoms with Crippen molar-refractivity contribution in [1.29, 1.82) is 0 Å². The van der Waals surface area contributed by atoms with Crippen LogP contribution >= 0.6 is 0 Å². The molecule has 0 radical (unpaired) electrons. The van der Waals surface area contributed by atoms with Crippen LogP contribution in [-0.2, 0) is 10.0 Å². The number of benzene rings is 3. The van der Waals surface area contributed by atoms with Crippen LogP contribution in [0.5, 0.6) is 11.5 Å². The van der Waals surface area contributed by atoms with Crippen LogP contribution in [0.25, 0.3) is 16.6 Å². The molecule has 3 aromatic carbocycles. The lowest BCUT2D eigenvalue weighted by atomic mass is 10.1. The zero-order chi connectivity index (χ0) is 22.3. The van der Waals surface area contributed by atoms with Gasteiger partial charge in [-0.15, -0.1) is 0 Å². The highest BCUT2D eigenvalue weighted by molar-refractivity contribution is 7.92. The molecule has 4 aromatic rings. The fourth-order valence-corrected chi connectivity index (χ4v) is 4.89. The molecule has 0 aliphatic carbocycles. The van der Waals surface area contributed by atoms with Gasteiger partial charge in [0.2, 0.25) is 0 Å². The quantitative estimate of drug-likeness (QED) is 0.428. The number of sulfonamides is 1. The molecule has 0 bridgehead atoms. The van der Waals surface area contributed by atoms with Crippen molar-refractivity contribution in [3.63, 3.8) is 0 Å². The highest BCUT2D eigenvalue weighted by Gasteiger charge is 2.20. The molecule has 160 valence electrons. The predicted molar refractivity (Wildman–Crippen MR) is 123 cm³/mol. The molecule has 2 N–H and O–H groups in total. The summed E-state index contributed by atoms with van der Waals surface area (Å²) in [5.74, 6) is 0.654. The number of fused-ring (bicyclic) bond motifs is 1. The second-order valence-corrected chi connectivity index (χ2v) is 9.18. The Hall–Kier alpha value is -3.45. The minimum Gasteiger partial charge on any atom is -0.506 e. The topological polar surface area (TPSA) is 80.6 Å². The smallest absolute Gasteiger partial charge is 0.261 e. The molecule has 1 aromatic heterocycles. The largest absolute Gasteiger partial charge is 0.506 e. The van der Waals surface area contributed by atoms with Crippen molar-refractivity contribution in [2.24, 2.45) is 0 Å². The van der Waals surface area contributed by atoms with Crippen molar-refractivity contribution >= 4 is 26.6 Å². The number of methoxy groups -OCH3 is 1. The van der Waals surface area contributed by atoms with E-state index in [1.807, 2.05) is 42.7 Å². The van der Waals surface area contributed by atoms with E-state index in [0.29, 0.717) is 22.7 Å².